The summed E-state index contributed by atoms with van der Waals surface area (Å²) in [4.78, 5) is 11.5. The number of carbonyl (C=O) groups is 1. The number of methoxy groups -OCH3 is 1. The minimum absolute atomic E-state index is 0.00755. The molecule has 0 bridgehead atoms. The number of esters is 1. The Labute approximate surface area is 148 Å². The Hall–Kier alpha value is -1.95. The van der Waals surface area contributed by atoms with Gasteiger partial charge < -0.3 is 19.3 Å². The van der Waals surface area contributed by atoms with Gasteiger partial charge in [0.1, 0.15) is 0 Å². The van der Waals surface area contributed by atoms with E-state index in [9.17, 15) is 9.90 Å². The summed E-state index contributed by atoms with van der Waals surface area (Å²) in [5.74, 6) is -0.415. The molecule has 1 heterocycles. The van der Waals surface area contributed by atoms with E-state index in [0.717, 1.165) is 49.2 Å². The lowest BCUT2D eigenvalue weighted by atomic mass is 9.93. The van der Waals surface area contributed by atoms with Crippen LogP contribution >= 0.6 is 0 Å². The van der Waals surface area contributed by atoms with Gasteiger partial charge in [-0.1, -0.05) is 36.4 Å². The Morgan fingerprint density at radius 1 is 1.20 bits per heavy atom. The van der Waals surface area contributed by atoms with Crippen LogP contribution in [-0.2, 0) is 19.0 Å². The van der Waals surface area contributed by atoms with Gasteiger partial charge >= 0.3 is 5.97 Å². The number of hydrogen-bond acceptors (Lipinski definition) is 5. The average molecular weight is 346 g/mol. The van der Waals surface area contributed by atoms with Crippen LogP contribution in [0.5, 0.6) is 0 Å². The van der Waals surface area contributed by atoms with Crippen molar-refractivity contribution in [3.05, 3.63) is 53.6 Å². The zero-order chi connectivity index (χ0) is 17.9. The van der Waals surface area contributed by atoms with E-state index in [4.69, 9.17) is 9.47 Å². The first kappa shape index (κ1) is 19.4. The summed E-state index contributed by atoms with van der Waals surface area (Å²) in [5, 5.41) is 9.44. The largest absolute Gasteiger partial charge is 0.466 e. The molecule has 1 aromatic carbocycles. The predicted octanol–water partition coefficient (Wildman–Crippen LogP) is 3.10. The van der Waals surface area contributed by atoms with Crippen LogP contribution < -0.4 is 0 Å². The van der Waals surface area contributed by atoms with Gasteiger partial charge in [0, 0.05) is 19.1 Å². The summed E-state index contributed by atoms with van der Waals surface area (Å²) in [6.45, 7) is 1.45. The van der Waals surface area contributed by atoms with E-state index in [2.05, 4.69) is 4.74 Å². The first-order valence-electron chi connectivity index (χ1n) is 8.62. The van der Waals surface area contributed by atoms with Gasteiger partial charge in [0.25, 0.3) is 0 Å². The molecule has 136 valence electrons. The fourth-order valence-electron chi connectivity index (χ4n) is 2.79. The van der Waals surface area contributed by atoms with Crippen molar-refractivity contribution >= 4 is 11.5 Å². The summed E-state index contributed by atoms with van der Waals surface area (Å²) < 4.78 is 15.9. The summed E-state index contributed by atoms with van der Waals surface area (Å²) >= 11 is 0. The molecule has 5 heteroatoms. The van der Waals surface area contributed by atoms with Gasteiger partial charge in [0.05, 0.1) is 20.3 Å². The zero-order valence-electron chi connectivity index (χ0n) is 14.6. The average Bonchev–Trinajstić information content (AvgIpc) is 2.67. The third kappa shape index (κ3) is 6.46. The molecule has 25 heavy (non-hydrogen) atoms. The quantitative estimate of drug-likeness (QED) is 0.445. The minimum atomic E-state index is -0.415. The Morgan fingerprint density at radius 2 is 1.92 bits per heavy atom. The van der Waals surface area contributed by atoms with Crippen molar-refractivity contribution in [1.29, 1.82) is 0 Å². The molecule has 5 nitrogen and oxygen atoms in total. The normalized spacial score (nSPS) is 16.7. The van der Waals surface area contributed by atoms with E-state index in [-0.39, 0.29) is 12.9 Å². The number of hydrogen-bond donors (Lipinski definition) is 1. The highest BCUT2D eigenvalue weighted by Crippen LogP contribution is 2.28. The molecule has 0 amide bonds. The molecule has 0 atom stereocenters. The number of benzene rings is 1. The number of ether oxygens (including phenoxy) is 3. The van der Waals surface area contributed by atoms with E-state index in [1.54, 1.807) is 6.08 Å². The van der Waals surface area contributed by atoms with Crippen molar-refractivity contribution in [2.24, 2.45) is 0 Å². The van der Waals surface area contributed by atoms with Crippen molar-refractivity contribution in [3.63, 3.8) is 0 Å². The summed E-state index contributed by atoms with van der Waals surface area (Å²) in [5.41, 5.74) is 3.05. The van der Waals surface area contributed by atoms with Crippen molar-refractivity contribution < 1.29 is 24.1 Å². The fraction of sp³-hybridized carbons (Fsp3) is 0.450. The second-order valence-electron chi connectivity index (χ2n) is 5.76. The molecule has 0 saturated carbocycles. The van der Waals surface area contributed by atoms with Crippen LogP contribution in [0.3, 0.4) is 0 Å². The van der Waals surface area contributed by atoms with Gasteiger partial charge in [-0.05, 0) is 36.0 Å². The molecule has 0 aromatic heterocycles. The maximum atomic E-state index is 11.5. The second kappa shape index (κ2) is 10.8. The second-order valence-corrected chi connectivity index (χ2v) is 5.76. The molecule has 1 aliphatic rings. The minimum Gasteiger partial charge on any atom is -0.466 e. The molecule has 1 N–H and O–H groups in total. The maximum absolute atomic E-state index is 11.5. The zero-order valence-corrected chi connectivity index (χ0v) is 14.6. The first-order chi connectivity index (χ1) is 12.2. The Kier molecular flexibility index (Phi) is 8.39. The van der Waals surface area contributed by atoms with Crippen LogP contribution in [0.1, 0.15) is 31.2 Å². The van der Waals surface area contributed by atoms with Crippen LogP contribution in [0.25, 0.3) is 5.57 Å². The first-order valence-corrected chi connectivity index (χ1v) is 8.62. The SMILES string of the molecule is COC(=O)/C=C/C(CCO)=C(\CCC1OCCCO1)c1ccccc1. The van der Waals surface area contributed by atoms with E-state index in [1.807, 2.05) is 30.3 Å². The van der Waals surface area contributed by atoms with Crippen molar-refractivity contribution in [2.75, 3.05) is 26.9 Å². The Bertz CT molecular complexity index is 585. The number of rotatable bonds is 8. The molecule has 0 aliphatic carbocycles. The smallest absolute Gasteiger partial charge is 0.330 e. The lowest BCUT2D eigenvalue weighted by Crippen LogP contribution is -2.24. The number of aliphatic hydroxyl groups is 1. The van der Waals surface area contributed by atoms with Crippen molar-refractivity contribution in [2.45, 2.75) is 32.0 Å². The summed E-state index contributed by atoms with van der Waals surface area (Å²) in [6.07, 6.45) is 5.77. The lowest BCUT2D eigenvalue weighted by molar-refractivity contribution is -0.180. The van der Waals surface area contributed by atoms with Crippen molar-refractivity contribution in [3.8, 4) is 0 Å². The van der Waals surface area contributed by atoms with Crippen LogP contribution in [-0.4, -0.2) is 44.3 Å². The molecule has 0 spiro atoms. The molecular weight excluding hydrogens is 320 g/mol. The van der Waals surface area contributed by atoms with Crippen LogP contribution in [0.15, 0.2) is 48.1 Å². The summed E-state index contributed by atoms with van der Waals surface area (Å²) in [6, 6.07) is 9.97. The van der Waals surface area contributed by atoms with E-state index in [1.165, 1.54) is 13.2 Å². The Morgan fingerprint density at radius 3 is 2.56 bits per heavy atom. The van der Waals surface area contributed by atoms with Gasteiger partial charge in [0.2, 0.25) is 0 Å². The van der Waals surface area contributed by atoms with E-state index < -0.39 is 5.97 Å². The van der Waals surface area contributed by atoms with Crippen molar-refractivity contribution in [1.82, 2.24) is 0 Å². The van der Waals surface area contributed by atoms with Gasteiger partial charge in [-0.25, -0.2) is 4.79 Å². The molecule has 1 aromatic rings. The molecule has 2 rings (SSSR count). The molecule has 1 fully saturated rings. The molecule has 1 saturated heterocycles. The molecule has 0 unspecified atom stereocenters. The topological polar surface area (TPSA) is 65.0 Å². The van der Waals surface area contributed by atoms with Crippen LogP contribution in [0.2, 0.25) is 0 Å². The van der Waals surface area contributed by atoms with E-state index >= 15 is 0 Å². The number of carbonyl (C=O) groups excluding carboxylic acids is 1. The molecule has 1 aliphatic heterocycles. The molecule has 0 radical (unpaired) electrons. The third-order valence-electron chi connectivity index (χ3n) is 4.04. The monoisotopic (exact) mass is 346 g/mol. The predicted molar refractivity (Wildman–Crippen MR) is 95.8 cm³/mol. The van der Waals surface area contributed by atoms with Crippen LogP contribution in [0.4, 0.5) is 0 Å². The summed E-state index contributed by atoms with van der Waals surface area (Å²) in [7, 11) is 1.35. The number of aliphatic hydroxyl groups excluding tert-OH is 1. The van der Waals surface area contributed by atoms with Gasteiger partial charge in [0.15, 0.2) is 6.29 Å². The highest BCUT2D eigenvalue weighted by Gasteiger charge is 2.16. The van der Waals surface area contributed by atoms with Gasteiger partial charge in [-0.3, -0.25) is 0 Å². The highest BCUT2D eigenvalue weighted by molar-refractivity contribution is 5.83. The van der Waals surface area contributed by atoms with Crippen LogP contribution in [0, 0.1) is 0 Å². The fourth-order valence-corrected chi connectivity index (χ4v) is 2.79. The Balaban J connectivity index is 2.25. The third-order valence-corrected chi connectivity index (χ3v) is 4.04. The van der Waals surface area contributed by atoms with Gasteiger partial charge in [-0.2, -0.15) is 0 Å². The molecular formula is C20H26O5. The maximum Gasteiger partial charge on any atom is 0.330 e. The highest BCUT2D eigenvalue weighted by atomic mass is 16.7. The van der Waals surface area contributed by atoms with E-state index in [0.29, 0.717) is 6.42 Å². The lowest BCUT2D eigenvalue weighted by Gasteiger charge is -2.24. The number of allylic oxidation sites excluding steroid dienone is 2. The van der Waals surface area contributed by atoms with Gasteiger partial charge in [-0.15, -0.1) is 0 Å². The standard InChI is InChI=1S/C20H26O5/c1-23-19(22)10-8-17(12-13-21)18(16-6-3-2-4-7-16)9-11-20-24-14-5-15-25-20/h2-4,6-8,10,20-21H,5,9,11-15H2,1H3/b10-8+,18-17-.